The van der Waals surface area contributed by atoms with Crippen LogP contribution in [-0.2, 0) is 0 Å². The Bertz CT molecular complexity index is 352. The van der Waals surface area contributed by atoms with Gasteiger partial charge in [0, 0.05) is 17.6 Å². The molecule has 0 aliphatic heterocycles. The average Bonchev–Trinajstić information content (AvgIpc) is 3.02. The van der Waals surface area contributed by atoms with Crippen molar-refractivity contribution in [3.05, 3.63) is 23.2 Å². The lowest BCUT2D eigenvalue weighted by Gasteiger charge is -2.25. The molecule has 0 unspecified atom stereocenters. The van der Waals surface area contributed by atoms with Crippen molar-refractivity contribution >= 4 is 23.0 Å². The summed E-state index contributed by atoms with van der Waals surface area (Å²) in [4.78, 5) is 2.14. The quantitative estimate of drug-likeness (QED) is 0.771. The van der Waals surface area contributed by atoms with Crippen molar-refractivity contribution < 1.29 is 5.11 Å². The van der Waals surface area contributed by atoms with E-state index >= 15 is 0 Å². The molecule has 3 nitrogen and oxygen atoms in total. The number of halogens is 1. The maximum absolute atomic E-state index is 9.02. The molecule has 1 aromatic rings. The smallest absolute Gasteiger partial charge is 0.0618 e. The van der Waals surface area contributed by atoms with Crippen LogP contribution < -0.4 is 10.6 Å². The van der Waals surface area contributed by atoms with E-state index in [4.69, 9.17) is 22.4 Å². The number of rotatable bonds is 4. The number of anilines is 2. The van der Waals surface area contributed by atoms with Crippen LogP contribution in [0.5, 0.6) is 0 Å². The van der Waals surface area contributed by atoms with E-state index in [2.05, 4.69) is 4.90 Å². The molecular weight excluding hydrogens is 212 g/mol. The van der Waals surface area contributed by atoms with Crippen LogP contribution in [0.2, 0.25) is 5.02 Å². The Labute approximate surface area is 94.4 Å². The molecule has 0 radical (unpaired) electrons. The summed E-state index contributed by atoms with van der Waals surface area (Å²) < 4.78 is 0. The second-order valence-electron chi connectivity index (χ2n) is 3.85. The van der Waals surface area contributed by atoms with E-state index in [1.54, 1.807) is 6.07 Å². The van der Waals surface area contributed by atoms with Crippen LogP contribution in [-0.4, -0.2) is 24.3 Å². The first kappa shape index (κ1) is 10.6. The van der Waals surface area contributed by atoms with Gasteiger partial charge in [-0.05, 0) is 31.0 Å². The fourth-order valence-corrected chi connectivity index (χ4v) is 1.93. The van der Waals surface area contributed by atoms with Gasteiger partial charge in [0.1, 0.15) is 0 Å². The van der Waals surface area contributed by atoms with Crippen LogP contribution in [0.1, 0.15) is 12.8 Å². The fraction of sp³-hybridized carbons (Fsp3) is 0.455. The molecule has 0 saturated heterocycles. The van der Waals surface area contributed by atoms with Gasteiger partial charge < -0.3 is 15.7 Å². The normalized spacial score (nSPS) is 15.3. The van der Waals surface area contributed by atoms with Crippen LogP contribution in [0.25, 0.3) is 0 Å². The molecule has 4 heteroatoms. The summed E-state index contributed by atoms with van der Waals surface area (Å²) in [5, 5.41) is 9.70. The molecular formula is C11H15ClN2O. The summed E-state index contributed by atoms with van der Waals surface area (Å²) >= 11 is 5.94. The number of hydrogen-bond acceptors (Lipinski definition) is 3. The lowest BCUT2D eigenvalue weighted by Crippen LogP contribution is -2.29. The van der Waals surface area contributed by atoms with Gasteiger partial charge in [-0.3, -0.25) is 0 Å². The Balaban J connectivity index is 2.27. The molecule has 0 amide bonds. The van der Waals surface area contributed by atoms with Crippen molar-refractivity contribution in [3.63, 3.8) is 0 Å². The molecule has 2 rings (SSSR count). The monoisotopic (exact) mass is 226 g/mol. The Morgan fingerprint density at radius 1 is 1.47 bits per heavy atom. The van der Waals surface area contributed by atoms with Crippen molar-refractivity contribution in [2.45, 2.75) is 18.9 Å². The van der Waals surface area contributed by atoms with Crippen molar-refractivity contribution in [1.29, 1.82) is 0 Å². The standard InChI is InChI=1S/C11H15ClN2O/c12-8-1-4-10(13)11(7-8)14(5-6-15)9-2-3-9/h1,4,7,9,15H,2-3,5-6,13H2. The Hall–Kier alpha value is -0.930. The minimum Gasteiger partial charge on any atom is -0.397 e. The van der Waals surface area contributed by atoms with E-state index in [9.17, 15) is 0 Å². The molecule has 3 N–H and O–H groups in total. The van der Waals surface area contributed by atoms with Gasteiger partial charge in [-0.1, -0.05) is 11.6 Å². The highest BCUT2D eigenvalue weighted by Crippen LogP contribution is 2.35. The van der Waals surface area contributed by atoms with Gasteiger partial charge in [0.2, 0.25) is 0 Å². The minimum absolute atomic E-state index is 0.141. The van der Waals surface area contributed by atoms with E-state index in [0.717, 1.165) is 11.4 Å². The van der Waals surface area contributed by atoms with Gasteiger partial charge in [0.05, 0.1) is 18.0 Å². The number of nitrogen functional groups attached to an aromatic ring is 1. The first-order valence-corrected chi connectivity index (χ1v) is 5.52. The first-order valence-electron chi connectivity index (χ1n) is 5.15. The molecule has 0 spiro atoms. The summed E-state index contributed by atoms with van der Waals surface area (Å²) in [6.07, 6.45) is 2.35. The largest absolute Gasteiger partial charge is 0.397 e. The highest BCUT2D eigenvalue weighted by molar-refractivity contribution is 6.31. The molecule has 1 saturated carbocycles. The maximum Gasteiger partial charge on any atom is 0.0618 e. The van der Waals surface area contributed by atoms with Crippen molar-refractivity contribution in [1.82, 2.24) is 0 Å². The van der Waals surface area contributed by atoms with E-state index in [0.29, 0.717) is 17.6 Å². The van der Waals surface area contributed by atoms with E-state index in [1.165, 1.54) is 12.8 Å². The lowest BCUT2D eigenvalue weighted by atomic mass is 10.2. The molecule has 1 aliphatic rings. The van der Waals surface area contributed by atoms with Crippen molar-refractivity contribution in [2.75, 3.05) is 23.8 Å². The third-order valence-electron chi connectivity index (χ3n) is 2.63. The Morgan fingerprint density at radius 3 is 2.80 bits per heavy atom. The van der Waals surface area contributed by atoms with Gasteiger partial charge in [-0.15, -0.1) is 0 Å². The molecule has 0 aromatic heterocycles. The second-order valence-corrected chi connectivity index (χ2v) is 4.29. The van der Waals surface area contributed by atoms with Gasteiger partial charge in [0.25, 0.3) is 0 Å². The average molecular weight is 227 g/mol. The van der Waals surface area contributed by atoms with E-state index < -0.39 is 0 Å². The summed E-state index contributed by atoms with van der Waals surface area (Å²) in [5.74, 6) is 0. The highest BCUT2D eigenvalue weighted by Gasteiger charge is 2.29. The zero-order chi connectivity index (χ0) is 10.8. The summed E-state index contributed by atoms with van der Waals surface area (Å²) in [6.45, 7) is 0.762. The van der Waals surface area contributed by atoms with Gasteiger partial charge in [0.15, 0.2) is 0 Å². The lowest BCUT2D eigenvalue weighted by molar-refractivity contribution is 0.301. The topological polar surface area (TPSA) is 49.5 Å². The molecule has 0 heterocycles. The summed E-state index contributed by atoms with van der Waals surface area (Å²) in [5.41, 5.74) is 7.57. The highest BCUT2D eigenvalue weighted by atomic mass is 35.5. The molecule has 1 fully saturated rings. The minimum atomic E-state index is 0.141. The van der Waals surface area contributed by atoms with E-state index in [1.807, 2.05) is 12.1 Å². The summed E-state index contributed by atoms with van der Waals surface area (Å²) in [7, 11) is 0. The predicted molar refractivity (Wildman–Crippen MR) is 63.3 cm³/mol. The SMILES string of the molecule is Nc1ccc(Cl)cc1N(CCO)C1CC1. The van der Waals surface area contributed by atoms with Gasteiger partial charge in [-0.2, -0.15) is 0 Å². The zero-order valence-electron chi connectivity index (χ0n) is 8.49. The molecule has 0 bridgehead atoms. The number of benzene rings is 1. The molecule has 15 heavy (non-hydrogen) atoms. The Kier molecular flexibility index (Phi) is 3.03. The second kappa shape index (κ2) is 4.29. The van der Waals surface area contributed by atoms with Gasteiger partial charge >= 0.3 is 0 Å². The fourth-order valence-electron chi connectivity index (χ4n) is 1.76. The predicted octanol–water partition coefficient (Wildman–Crippen LogP) is 1.88. The number of nitrogens with two attached hydrogens (primary N) is 1. The third kappa shape index (κ3) is 2.36. The Morgan fingerprint density at radius 2 is 2.20 bits per heavy atom. The number of aliphatic hydroxyl groups is 1. The third-order valence-corrected chi connectivity index (χ3v) is 2.87. The number of hydrogen-bond donors (Lipinski definition) is 2. The van der Waals surface area contributed by atoms with Crippen molar-refractivity contribution in [3.8, 4) is 0 Å². The molecule has 0 atom stereocenters. The zero-order valence-corrected chi connectivity index (χ0v) is 9.24. The van der Waals surface area contributed by atoms with Crippen LogP contribution in [0, 0.1) is 0 Å². The maximum atomic E-state index is 9.02. The van der Waals surface area contributed by atoms with E-state index in [-0.39, 0.29) is 6.61 Å². The molecule has 1 aromatic carbocycles. The van der Waals surface area contributed by atoms with Crippen LogP contribution >= 0.6 is 11.6 Å². The van der Waals surface area contributed by atoms with Crippen LogP contribution in [0.3, 0.4) is 0 Å². The summed E-state index contributed by atoms with van der Waals surface area (Å²) in [6, 6.07) is 5.98. The van der Waals surface area contributed by atoms with Crippen molar-refractivity contribution in [2.24, 2.45) is 0 Å². The molecule has 82 valence electrons. The van der Waals surface area contributed by atoms with Crippen LogP contribution in [0.4, 0.5) is 11.4 Å². The first-order chi connectivity index (χ1) is 7.22. The van der Waals surface area contributed by atoms with Gasteiger partial charge in [-0.25, -0.2) is 0 Å². The number of nitrogens with zero attached hydrogens (tertiary/aromatic N) is 1. The number of aliphatic hydroxyl groups excluding tert-OH is 1. The molecule has 1 aliphatic carbocycles. The van der Waals surface area contributed by atoms with Crippen LogP contribution in [0.15, 0.2) is 18.2 Å².